The zero-order chi connectivity index (χ0) is 13.2. The van der Waals surface area contributed by atoms with Crippen LogP contribution < -0.4 is 5.32 Å². The molecule has 1 fully saturated rings. The van der Waals surface area contributed by atoms with E-state index >= 15 is 0 Å². The summed E-state index contributed by atoms with van der Waals surface area (Å²) in [6.45, 7) is 2.91. The normalized spacial score (nSPS) is 14.8. The van der Waals surface area contributed by atoms with Crippen LogP contribution in [0.5, 0.6) is 0 Å². The molecule has 0 spiro atoms. The van der Waals surface area contributed by atoms with Gasteiger partial charge in [0.1, 0.15) is 5.82 Å². The van der Waals surface area contributed by atoms with Gasteiger partial charge in [-0.1, -0.05) is 18.2 Å². The van der Waals surface area contributed by atoms with Crippen LogP contribution in [0.3, 0.4) is 0 Å². The highest BCUT2D eigenvalue weighted by molar-refractivity contribution is 7.99. The lowest BCUT2D eigenvalue weighted by atomic mass is 10.2. The van der Waals surface area contributed by atoms with Crippen molar-refractivity contribution in [3.05, 3.63) is 35.7 Å². The Balaban J connectivity index is 1.77. The van der Waals surface area contributed by atoms with Crippen LogP contribution in [0.2, 0.25) is 0 Å². The van der Waals surface area contributed by atoms with Gasteiger partial charge in [0.2, 0.25) is 0 Å². The Bertz CT molecular complexity index is 575. The zero-order valence-electron chi connectivity index (χ0n) is 11.3. The monoisotopic (exact) mass is 274 g/mol. The van der Waals surface area contributed by atoms with Crippen molar-refractivity contribution >= 4 is 11.8 Å². The highest BCUT2D eigenvalue weighted by Crippen LogP contribution is 2.29. The van der Waals surface area contributed by atoms with Gasteiger partial charge in [-0.25, -0.2) is 0 Å². The van der Waals surface area contributed by atoms with Crippen molar-refractivity contribution in [1.82, 2.24) is 20.1 Å². The highest BCUT2D eigenvalue weighted by atomic mass is 32.2. The van der Waals surface area contributed by atoms with Crippen molar-refractivity contribution in [1.29, 1.82) is 0 Å². The molecular formula is C14H18N4S. The van der Waals surface area contributed by atoms with E-state index in [1.807, 2.05) is 18.5 Å². The van der Waals surface area contributed by atoms with E-state index in [1.165, 1.54) is 23.3 Å². The first-order valence-corrected chi connectivity index (χ1v) is 7.41. The van der Waals surface area contributed by atoms with Gasteiger partial charge in [-0.05, 0) is 43.2 Å². The average Bonchev–Trinajstić information content (AvgIpc) is 3.20. The van der Waals surface area contributed by atoms with Gasteiger partial charge in [-0.2, -0.15) is 0 Å². The summed E-state index contributed by atoms with van der Waals surface area (Å²) in [6.07, 6.45) is 2.63. The largest absolute Gasteiger partial charge is 0.310 e. The third kappa shape index (κ3) is 2.98. The number of aryl methyl sites for hydroxylation is 1. The lowest BCUT2D eigenvalue weighted by molar-refractivity contribution is 0.680. The van der Waals surface area contributed by atoms with E-state index in [1.54, 1.807) is 11.8 Å². The molecule has 3 rings (SSSR count). The van der Waals surface area contributed by atoms with Crippen LogP contribution in [-0.4, -0.2) is 20.8 Å². The molecule has 0 bridgehead atoms. The molecule has 0 saturated heterocycles. The zero-order valence-corrected chi connectivity index (χ0v) is 12.1. The van der Waals surface area contributed by atoms with E-state index in [-0.39, 0.29) is 0 Å². The fourth-order valence-corrected chi connectivity index (χ4v) is 2.83. The van der Waals surface area contributed by atoms with Gasteiger partial charge in [0.05, 0.1) is 0 Å². The molecule has 1 aliphatic carbocycles. The molecule has 0 atom stereocenters. The Hall–Kier alpha value is -1.33. The SMILES string of the molecule is Cc1nnc(Sc2ccccc2CNC2CC2)n1C. The van der Waals surface area contributed by atoms with Crippen LogP contribution in [0.15, 0.2) is 34.3 Å². The molecule has 1 aromatic carbocycles. The predicted octanol–water partition coefficient (Wildman–Crippen LogP) is 2.53. The smallest absolute Gasteiger partial charge is 0.195 e. The molecule has 2 aromatic rings. The fourth-order valence-electron chi connectivity index (χ4n) is 1.87. The molecule has 1 aromatic heterocycles. The van der Waals surface area contributed by atoms with Crippen LogP contribution in [0, 0.1) is 6.92 Å². The summed E-state index contributed by atoms with van der Waals surface area (Å²) < 4.78 is 2.02. The molecule has 4 nitrogen and oxygen atoms in total. The number of hydrogen-bond donors (Lipinski definition) is 1. The molecule has 100 valence electrons. The first-order valence-electron chi connectivity index (χ1n) is 6.59. The summed E-state index contributed by atoms with van der Waals surface area (Å²) in [7, 11) is 2.00. The van der Waals surface area contributed by atoms with Crippen LogP contribution in [0.25, 0.3) is 0 Å². The van der Waals surface area contributed by atoms with Crippen molar-refractivity contribution in [2.45, 2.75) is 42.4 Å². The third-order valence-corrected chi connectivity index (χ3v) is 4.54. The van der Waals surface area contributed by atoms with Gasteiger partial charge in [-0.15, -0.1) is 10.2 Å². The molecule has 0 amide bonds. The molecule has 1 saturated carbocycles. The number of hydrogen-bond acceptors (Lipinski definition) is 4. The predicted molar refractivity (Wildman–Crippen MR) is 76.2 cm³/mol. The Kier molecular flexibility index (Phi) is 3.57. The molecular weight excluding hydrogens is 256 g/mol. The lowest BCUT2D eigenvalue weighted by Crippen LogP contribution is -2.15. The van der Waals surface area contributed by atoms with Crippen molar-refractivity contribution in [3.8, 4) is 0 Å². The van der Waals surface area contributed by atoms with Crippen molar-refractivity contribution in [2.24, 2.45) is 7.05 Å². The fraction of sp³-hybridized carbons (Fsp3) is 0.429. The molecule has 1 aliphatic rings. The maximum absolute atomic E-state index is 4.21. The van der Waals surface area contributed by atoms with E-state index in [0.717, 1.165) is 23.6 Å². The molecule has 0 unspecified atom stereocenters. The summed E-state index contributed by atoms with van der Waals surface area (Å²) >= 11 is 1.68. The van der Waals surface area contributed by atoms with Gasteiger partial charge in [-0.3, -0.25) is 0 Å². The minimum atomic E-state index is 0.732. The molecule has 19 heavy (non-hydrogen) atoms. The van der Waals surface area contributed by atoms with Gasteiger partial charge in [0.25, 0.3) is 0 Å². The van der Waals surface area contributed by atoms with Gasteiger partial charge < -0.3 is 9.88 Å². The Labute approximate surface area is 117 Å². The third-order valence-electron chi connectivity index (χ3n) is 3.39. The maximum Gasteiger partial charge on any atom is 0.195 e. The van der Waals surface area contributed by atoms with E-state index < -0.39 is 0 Å². The van der Waals surface area contributed by atoms with Gasteiger partial charge in [0, 0.05) is 24.5 Å². The van der Waals surface area contributed by atoms with E-state index in [4.69, 9.17) is 0 Å². The van der Waals surface area contributed by atoms with Gasteiger partial charge in [0.15, 0.2) is 5.16 Å². The number of aromatic nitrogens is 3. The Morgan fingerprint density at radius 1 is 1.32 bits per heavy atom. The number of rotatable bonds is 5. The highest BCUT2D eigenvalue weighted by Gasteiger charge is 2.20. The minimum Gasteiger partial charge on any atom is -0.310 e. The Morgan fingerprint density at radius 3 is 2.79 bits per heavy atom. The maximum atomic E-state index is 4.21. The molecule has 5 heteroatoms. The minimum absolute atomic E-state index is 0.732. The van der Waals surface area contributed by atoms with Crippen molar-refractivity contribution in [2.75, 3.05) is 0 Å². The molecule has 0 radical (unpaired) electrons. The van der Waals surface area contributed by atoms with Crippen molar-refractivity contribution in [3.63, 3.8) is 0 Å². The molecule has 1 heterocycles. The van der Waals surface area contributed by atoms with E-state index in [9.17, 15) is 0 Å². The second-order valence-corrected chi connectivity index (χ2v) is 5.96. The number of nitrogens with one attached hydrogen (secondary N) is 1. The lowest BCUT2D eigenvalue weighted by Gasteiger charge is -2.09. The second-order valence-electron chi connectivity index (χ2n) is 4.95. The molecule has 1 N–H and O–H groups in total. The summed E-state index contributed by atoms with van der Waals surface area (Å²) in [5.74, 6) is 0.941. The Morgan fingerprint density at radius 2 is 2.11 bits per heavy atom. The molecule has 0 aliphatic heterocycles. The average molecular weight is 274 g/mol. The topological polar surface area (TPSA) is 42.7 Å². The van der Waals surface area contributed by atoms with Crippen LogP contribution in [-0.2, 0) is 13.6 Å². The quantitative estimate of drug-likeness (QED) is 0.910. The first kappa shape index (κ1) is 12.7. The van der Waals surface area contributed by atoms with E-state index in [0.29, 0.717) is 0 Å². The van der Waals surface area contributed by atoms with Gasteiger partial charge >= 0.3 is 0 Å². The first-order chi connectivity index (χ1) is 9.24. The summed E-state index contributed by atoms with van der Waals surface area (Å²) in [6, 6.07) is 9.23. The standard InChI is InChI=1S/C14H18N4S/c1-10-16-17-14(18(10)2)19-13-6-4-3-5-11(13)9-15-12-7-8-12/h3-6,12,15H,7-9H2,1-2H3. The van der Waals surface area contributed by atoms with Crippen molar-refractivity contribution < 1.29 is 0 Å². The second kappa shape index (κ2) is 5.35. The van der Waals surface area contributed by atoms with Crippen LogP contribution in [0.1, 0.15) is 24.2 Å². The van der Waals surface area contributed by atoms with Crippen LogP contribution in [0.4, 0.5) is 0 Å². The van der Waals surface area contributed by atoms with E-state index in [2.05, 4.69) is 39.8 Å². The summed E-state index contributed by atoms with van der Waals surface area (Å²) in [5.41, 5.74) is 1.33. The summed E-state index contributed by atoms with van der Waals surface area (Å²) in [5, 5.41) is 12.8. The number of nitrogens with zero attached hydrogens (tertiary/aromatic N) is 3. The van der Waals surface area contributed by atoms with Crippen LogP contribution >= 0.6 is 11.8 Å². The number of benzene rings is 1. The summed E-state index contributed by atoms with van der Waals surface area (Å²) in [4.78, 5) is 1.26.